The number of nitrogens with zero attached hydrogens (tertiary/aromatic N) is 5. The zero-order valence-corrected chi connectivity index (χ0v) is 17.3. The monoisotopic (exact) mass is 420 g/mol. The summed E-state index contributed by atoms with van der Waals surface area (Å²) in [5, 5.41) is 4.18. The maximum atomic E-state index is 13.1. The first-order valence-electron chi connectivity index (χ1n) is 9.61. The number of rotatable bonds is 5. The molecule has 0 saturated carbocycles. The Balaban J connectivity index is 1.80. The highest BCUT2D eigenvalue weighted by Crippen LogP contribution is 2.18. The molecule has 158 valence electrons. The van der Waals surface area contributed by atoms with Crippen molar-refractivity contribution in [3.63, 3.8) is 0 Å². The lowest BCUT2D eigenvalue weighted by Crippen LogP contribution is -2.37. The lowest BCUT2D eigenvalue weighted by atomic mass is 10.1. The van der Waals surface area contributed by atoms with Gasteiger partial charge in [0, 0.05) is 14.1 Å². The van der Waals surface area contributed by atoms with E-state index in [-0.39, 0.29) is 11.5 Å². The molecule has 0 atom stereocenters. The van der Waals surface area contributed by atoms with Crippen molar-refractivity contribution in [3.05, 3.63) is 91.9 Å². The van der Waals surface area contributed by atoms with Gasteiger partial charge in [0.15, 0.2) is 11.2 Å². The van der Waals surface area contributed by atoms with Crippen LogP contribution in [0.25, 0.3) is 11.2 Å². The van der Waals surface area contributed by atoms with E-state index in [1.54, 1.807) is 23.7 Å². The quantitative estimate of drug-likeness (QED) is 0.397. The Morgan fingerprint density at radius 3 is 2.39 bits per heavy atom. The number of anilines is 1. The van der Waals surface area contributed by atoms with E-state index in [1.807, 2.05) is 31.2 Å². The number of benzene rings is 2. The van der Waals surface area contributed by atoms with Gasteiger partial charge in [-0.1, -0.05) is 42.0 Å². The summed E-state index contributed by atoms with van der Waals surface area (Å²) in [4.78, 5) is 29.7. The molecule has 1 N–H and O–H groups in total. The molecular weight excluding hydrogens is 399 g/mol. The van der Waals surface area contributed by atoms with Crippen LogP contribution in [0.15, 0.2) is 63.2 Å². The number of fused-ring (bicyclic) bond motifs is 1. The number of hydrogen-bond acceptors (Lipinski definition) is 5. The summed E-state index contributed by atoms with van der Waals surface area (Å²) < 4.78 is 17.2. The number of nitrogens with one attached hydrogen (secondary N) is 1. The molecule has 2 aromatic carbocycles. The number of aryl methyl sites for hydroxylation is 2. The molecule has 9 heteroatoms. The van der Waals surface area contributed by atoms with Crippen molar-refractivity contribution in [1.29, 1.82) is 0 Å². The molecule has 0 bridgehead atoms. The van der Waals surface area contributed by atoms with Gasteiger partial charge in [-0.05, 0) is 30.2 Å². The van der Waals surface area contributed by atoms with E-state index >= 15 is 0 Å². The van der Waals surface area contributed by atoms with Crippen LogP contribution in [0.2, 0.25) is 0 Å². The summed E-state index contributed by atoms with van der Waals surface area (Å²) in [6.07, 6.45) is 1.52. The van der Waals surface area contributed by atoms with Crippen LogP contribution in [0.3, 0.4) is 0 Å². The van der Waals surface area contributed by atoms with Crippen LogP contribution in [-0.2, 0) is 20.6 Å². The van der Waals surface area contributed by atoms with Crippen molar-refractivity contribution in [2.45, 2.75) is 13.5 Å². The SMILES string of the molecule is Cc1ccc(Cn2c(NN=Cc3ccc(F)cc3)nc3c2c(=O)n(C)c(=O)n3C)cc1. The zero-order chi connectivity index (χ0) is 22.1. The number of hydrazone groups is 1. The highest BCUT2D eigenvalue weighted by atomic mass is 19.1. The van der Waals surface area contributed by atoms with Crippen LogP contribution in [0.5, 0.6) is 0 Å². The van der Waals surface area contributed by atoms with Crippen LogP contribution in [0, 0.1) is 12.7 Å². The third-order valence-electron chi connectivity index (χ3n) is 5.06. The zero-order valence-electron chi connectivity index (χ0n) is 17.3. The minimum Gasteiger partial charge on any atom is -0.298 e. The molecule has 0 aliphatic rings. The first-order valence-corrected chi connectivity index (χ1v) is 9.61. The molecule has 0 spiro atoms. The summed E-state index contributed by atoms with van der Waals surface area (Å²) in [5.74, 6) is -0.0194. The van der Waals surface area contributed by atoms with Crippen molar-refractivity contribution >= 4 is 23.3 Å². The lowest BCUT2D eigenvalue weighted by molar-refractivity contribution is 0.628. The van der Waals surface area contributed by atoms with Crippen molar-refractivity contribution in [2.75, 3.05) is 5.43 Å². The summed E-state index contributed by atoms with van der Waals surface area (Å²) >= 11 is 0. The van der Waals surface area contributed by atoms with Gasteiger partial charge in [0.05, 0.1) is 12.8 Å². The molecule has 31 heavy (non-hydrogen) atoms. The van der Waals surface area contributed by atoms with Gasteiger partial charge in [-0.25, -0.2) is 14.6 Å². The molecule has 0 saturated heterocycles. The maximum absolute atomic E-state index is 13.1. The number of halogens is 1. The van der Waals surface area contributed by atoms with Gasteiger partial charge in [0.1, 0.15) is 5.82 Å². The molecule has 0 fully saturated rings. The van der Waals surface area contributed by atoms with Crippen LogP contribution < -0.4 is 16.7 Å². The molecule has 0 aliphatic heterocycles. The van der Waals surface area contributed by atoms with Crippen molar-refractivity contribution in [1.82, 2.24) is 18.7 Å². The van der Waals surface area contributed by atoms with E-state index in [4.69, 9.17) is 0 Å². The Morgan fingerprint density at radius 2 is 1.71 bits per heavy atom. The molecule has 4 rings (SSSR count). The van der Waals surface area contributed by atoms with Crippen LogP contribution in [0.1, 0.15) is 16.7 Å². The third kappa shape index (κ3) is 3.89. The molecule has 0 amide bonds. The smallest absolute Gasteiger partial charge is 0.298 e. The van der Waals surface area contributed by atoms with Crippen LogP contribution in [0.4, 0.5) is 10.3 Å². The molecule has 2 heterocycles. The van der Waals surface area contributed by atoms with Crippen molar-refractivity contribution in [3.8, 4) is 0 Å². The molecule has 0 radical (unpaired) electrons. The van der Waals surface area contributed by atoms with E-state index < -0.39 is 11.2 Å². The van der Waals surface area contributed by atoms with Gasteiger partial charge in [0.2, 0.25) is 5.95 Å². The predicted octanol–water partition coefficient (Wildman–Crippen LogP) is 2.38. The molecule has 2 aromatic heterocycles. The Kier molecular flexibility index (Phi) is 5.24. The minimum absolute atomic E-state index is 0.264. The first kappa shape index (κ1) is 20.3. The Morgan fingerprint density at radius 1 is 1.03 bits per heavy atom. The minimum atomic E-state index is -0.459. The summed E-state index contributed by atoms with van der Waals surface area (Å²) in [5.41, 5.74) is 5.30. The second kappa shape index (κ2) is 8.02. The second-order valence-corrected chi connectivity index (χ2v) is 7.31. The van der Waals surface area contributed by atoms with E-state index in [0.29, 0.717) is 23.6 Å². The third-order valence-corrected chi connectivity index (χ3v) is 5.06. The van der Waals surface area contributed by atoms with Crippen LogP contribution >= 0.6 is 0 Å². The summed E-state index contributed by atoms with van der Waals surface area (Å²) in [6, 6.07) is 13.8. The van der Waals surface area contributed by atoms with Crippen molar-refractivity contribution < 1.29 is 4.39 Å². The molecule has 8 nitrogen and oxygen atoms in total. The van der Waals surface area contributed by atoms with Gasteiger partial charge in [-0.15, -0.1) is 0 Å². The maximum Gasteiger partial charge on any atom is 0.332 e. The van der Waals surface area contributed by atoms with E-state index in [9.17, 15) is 14.0 Å². The van der Waals surface area contributed by atoms with Crippen molar-refractivity contribution in [2.24, 2.45) is 19.2 Å². The summed E-state index contributed by atoms with van der Waals surface area (Å²) in [6.45, 7) is 2.36. The first-order chi connectivity index (χ1) is 14.8. The number of hydrogen-bond donors (Lipinski definition) is 1. The normalized spacial score (nSPS) is 11.5. The number of aromatic nitrogens is 4. The van der Waals surface area contributed by atoms with E-state index in [0.717, 1.165) is 15.7 Å². The molecule has 4 aromatic rings. The van der Waals surface area contributed by atoms with Gasteiger partial charge in [-0.2, -0.15) is 10.1 Å². The van der Waals surface area contributed by atoms with E-state index in [2.05, 4.69) is 15.5 Å². The fraction of sp³-hybridized carbons (Fsp3) is 0.182. The molecule has 0 unspecified atom stereocenters. The van der Waals surface area contributed by atoms with Gasteiger partial charge in [-0.3, -0.25) is 18.5 Å². The molecular formula is C22H21FN6O2. The average molecular weight is 420 g/mol. The average Bonchev–Trinajstić information content (AvgIpc) is 3.12. The Hall–Kier alpha value is -4.01. The largest absolute Gasteiger partial charge is 0.332 e. The van der Waals surface area contributed by atoms with Gasteiger partial charge >= 0.3 is 5.69 Å². The van der Waals surface area contributed by atoms with Crippen LogP contribution in [-0.4, -0.2) is 24.9 Å². The van der Waals surface area contributed by atoms with Gasteiger partial charge in [0.25, 0.3) is 5.56 Å². The Labute approximate surface area is 176 Å². The fourth-order valence-corrected chi connectivity index (χ4v) is 3.28. The highest BCUT2D eigenvalue weighted by molar-refractivity contribution is 5.80. The van der Waals surface area contributed by atoms with E-state index in [1.165, 1.54) is 30.0 Å². The lowest BCUT2D eigenvalue weighted by Gasteiger charge is -2.09. The topological polar surface area (TPSA) is 86.2 Å². The standard InChI is InChI=1S/C22H21FN6O2/c1-14-4-6-16(7-5-14)13-29-18-19(27(2)22(31)28(3)20(18)30)25-21(29)26-24-12-15-8-10-17(23)11-9-15/h4-12H,13H2,1-3H3,(H,25,26). The summed E-state index contributed by atoms with van der Waals surface area (Å²) in [7, 11) is 3.01. The second-order valence-electron chi connectivity index (χ2n) is 7.31. The number of imidazole rings is 1. The highest BCUT2D eigenvalue weighted by Gasteiger charge is 2.19. The predicted molar refractivity (Wildman–Crippen MR) is 118 cm³/mol. The fourth-order valence-electron chi connectivity index (χ4n) is 3.28. The van der Waals surface area contributed by atoms with Gasteiger partial charge < -0.3 is 0 Å². The Bertz CT molecular complexity index is 1400. The molecule has 0 aliphatic carbocycles.